The first-order valence-corrected chi connectivity index (χ1v) is 7.51. The van der Waals surface area contributed by atoms with E-state index < -0.39 is 0 Å². The Labute approximate surface area is 119 Å². The largest absolute Gasteiger partial charge is 0.304 e. The van der Waals surface area contributed by atoms with Crippen LogP contribution in [0.15, 0.2) is 35.3 Å². The molecule has 106 valence electrons. The Morgan fingerprint density at radius 3 is 2.55 bits per heavy atom. The summed E-state index contributed by atoms with van der Waals surface area (Å²) < 4.78 is 1.85. The van der Waals surface area contributed by atoms with E-state index in [0.29, 0.717) is 0 Å². The van der Waals surface area contributed by atoms with Crippen LogP contribution in [0.25, 0.3) is 11.0 Å². The third kappa shape index (κ3) is 2.90. The van der Waals surface area contributed by atoms with Crippen LogP contribution in [0.3, 0.4) is 0 Å². The van der Waals surface area contributed by atoms with Crippen LogP contribution < -0.4 is 5.56 Å². The van der Waals surface area contributed by atoms with Gasteiger partial charge in [-0.15, -0.1) is 0 Å². The Balaban J connectivity index is 1.79. The molecular weight excluding hydrogens is 250 g/mol. The molecule has 0 atom stereocenters. The molecule has 4 nitrogen and oxygen atoms in total. The summed E-state index contributed by atoms with van der Waals surface area (Å²) in [5, 5.41) is 0. The average Bonchev–Trinajstić information content (AvgIpc) is 2.75. The predicted molar refractivity (Wildman–Crippen MR) is 80.9 cm³/mol. The van der Waals surface area contributed by atoms with Crippen LogP contribution in [-0.2, 0) is 6.54 Å². The maximum atomic E-state index is 12.1. The third-order valence-electron chi connectivity index (χ3n) is 4.09. The zero-order valence-corrected chi connectivity index (χ0v) is 11.8. The number of hydrogen-bond donors (Lipinski definition) is 0. The number of likely N-dealkylation sites (tertiary alicyclic amines) is 1. The lowest BCUT2D eigenvalue weighted by molar-refractivity contribution is 0.273. The summed E-state index contributed by atoms with van der Waals surface area (Å²) in [7, 11) is 0. The normalized spacial score (nSPS) is 17.2. The van der Waals surface area contributed by atoms with Gasteiger partial charge in [-0.3, -0.25) is 4.79 Å². The minimum atomic E-state index is -0.00137. The minimum Gasteiger partial charge on any atom is -0.304 e. The van der Waals surface area contributed by atoms with Crippen LogP contribution in [-0.4, -0.2) is 34.1 Å². The summed E-state index contributed by atoms with van der Waals surface area (Å²) in [6.45, 7) is 4.03. The van der Waals surface area contributed by atoms with Crippen molar-refractivity contribution in [3.63, 3.8) is 0 Å². The lowest BCUT2D eigenvalue weighted by Crippen LogP contribution is -2.32. The summed E-state index contributed by atoms with van der Waals surface area (Å²) in [6, 6.07) is 7.86. The number of rotatable bonds is 3. The minimum absolute atomic E-state index is 0.00137. The van der Waals surface area contributed by atoms with Crippen molar-refractivity contribution in [1.29, 1.82) is 0 Å². The van der Waals surface area contributed by atoms with E-state index in [1.807, 2.05) is 28.8 Å². The average molecular weight is 271 g/mol. The Kier molecular flexibility index (Phi) is 4.11. The van der Waals surface area contributed by atoms with E-state index in [-0.39, 0.29) is 5.56 Å². The zero-order chi connectivity index (χ0) is 13.8. The molecule has 1 aliphatic heterocycles. The van der Waals surface area contributed by atoms with Gasteiger partial charge in [-0.05, 0) is 38.1 Å². The van der Waals surface area contributed by atoms with Gasteiger partial charge in [0.2, 0.25) is 0 Å². The SMILES string of the molecule is O=c1cnc2ccccc2n1CCN1CCCCCC1. The van der Waals surface area contributed by atoms with E-state index in [0.717, 1.165) is 37.2 Å². The molecule has 1 aromatic heterocycles. The first-order chi connectivity index (χ1) is 9.84. The molecule has 4 heteroatoms. The van der Waals surface area contributed by atoms with Crippen molar-refractivity contribution in [3.05, 3.63) is 40.8 Å². The van der Waals surface area contributed by atoms with Crippen molar-refractivity contribution in [3.8, 4) is 0 Å². The molecule has 1 fully saturated rings. The number of para-hydroxylation sites is 2. The van der Waals surface area contributed by atoms with Crippen molar-refractivity contribution in [2.75, 3.05) is 19.6 Å². The van der Waals surface area contributed by atoms with Crippen LogP contribution in [0.5, 0.6) is 0 Å². The van der Waals surface area contributed by atoms with Crippen molar-refractivity contribution >= 4 is 11.0 Å². The highest BCUT2D eigenvalue weighted by Crippen LogP contribution is 2.11. The smallest absolute Gasteiger partial charge is 0.269 e. The lowest BCUT2D eigenvalue weighted by atomic mass is 10.2. The van der Waals surface area contributed by atoms with Crippen molar-refractivity contribution in [2.24, 2.45) is 0 Å². The third-order valence-corrected chi connectivity index (χ3v) is 4.09. The molecule has 0 N–H and O–H groups in total. The van der Waals surface area contributed by atoms with E-state index in [1.165, 1.54) is 31.9 Å². The van der Waals surface area contributed by atoms with Crippen LogP contribution in [0.4, 0.5) is 0 Å². The molecule has 0 aliphatic carbocycles. The number of benzene rings is 1. The van der Waals surface area contributed by atoms with Crippen LogP contribution >= 0.6 is 0 Å². The van der Waals surface area contributed by atoms with Gasteiger partial charge in [0.1, 0.15) is 0 Å². The Morgan fingerprint density at radius 2 is 1.75 bits per heavy atom. The van der Waals surface area contributed by atoms with Crippen LogP contribution in [0.1, 0.15) is 25.7 Å². The molecule has 0 saturated carbocycles. The van der Waals surface area contributed by atoms with Gasteiger partial charge >= 0.3 is 0 Å². The quantitative estimate of drug-likeness (QED) is 0.859. The highest BCUT2D eigenvalue weighted by molar-refractivity contribution is 5.74. The molecule has 2 aromatic rings. The van der Waals surface area contributed by atoms with Crippen molar-refractivity contribution in [1.82, 2.24) is 14.5 Å². The van der Waals surface area contributed by atoms with Gasteiger partial charge in [0, 0.05) is 13.1 Å². The topological polar surface area (TPSA) is 38.1 Å². The van der Waals surface area contributed by atoms with Gasteiger partial charge in [-0.25, -0.2) is 4.98 Å². The molecule has 20 heavy (non-hydrogen) atoms. The molecule has 0 radical (unpaired) electrons. The fourth-order valence-electron chi connectivity index (χ4n) is 2.95. The zero-order valence-electron chi connectivity index (χ0n) is 11.8. The lowest BCUT2D eigenvalue weighted by Gasteiger charge is -2.20. The van der Waals surface area contributed by atoms with Crippen LogP contribution in [0.2, 0.25) is 0 Å². The van der Waals surface area contributed by atoms with E-state index >= 15 is 0 Å². The summed E-state index contributed by atoms with van der Waals surface area (Å²) in [6.07, 6.45) is 6.69. The standard InChI is InChI=1S/C16H21N3O/c20-16-13-17-14-7-3-4-8-15(14)19(16)12-11-18-9-5-1-2-6-10-18/h3-4,7-8,13H,1-2,5-6,9-12H2. The predicted octanol–water partition coefficient (Wildman–Crippen LogP) is 2.27. The Morgan fingerprint density at radius 1 is 1.00 bits per heavy atom. The molecule has 3 rings (SSSR count). The molecule has 1 aliphatic rings. The molecule has 1 saturated heterocycles. The number of fused-ring (bicyclic) bond motifs is 1. The fourth-order valence-corrected chi connectivity index (χ4v) is 2.95. The summed E-state index contributed by atoms with van der Waals surface area (Å²) in [5.41, 5.74) is 1.83. The highest BCUT2D eigenvalue weighted by atomic mass is 16.1. The first-order valence-electron chi connectivity index (χ1n) is 7.51. The van der Waals surface area contributed by atoms with Gasteiger partial charge < -0.3 is 9.47 Å². The van der Waals surface area contributed by atoms with Gasteiger partial charge in [-0.1, -0.05) is 25.0 Å². The van der Waals surface area contributed by atoms with E-state index in [2.05, 4.69) is 9.88 Å². The second kappa shape index (κ2) is 6.18. The Hall–Kier alpha value is -1.68. The van der Waals surface area contributed by atoms with Crippen LogP contribution in [0, 0.1) is 0 Å². The Bertz CT molecular complexity index is 627. The summed E-state index contributed by atoms with van der Waals surface area (Å²) in [5.74, 6) is 0. The van der Waals surface area contributed by atoms with Crippen molar-refractivity contribution in [2.45, 2.75) is 32.2 Å². The summed E-state index contributed by atoms with van der Waals surface area (Å²) >= 11 is 0. The maximum Gasteiger partial charge on any atom is 0.269 e. The second-order valence-corrected chi connectivity index (χ2v) is 5.49. The van der Waals surface area contributed by atoms with Gasteiger partial charge in [0.25, 0.3) is 5.56 Å². The first kappa shape index (κ1) is 13.3. The number of aromatic nitrogens is 2. The van der Waals surface area contributed by atoms with Gasteiger partial charge in [-0.2, -0.15) is 0 Å². The monoisotopic (exact) mass is 271 g/mol. The highest BCUT2D eigenvalue weighted by Gasteiger charge is 2.10. The second-order valence-electron chi connectivity index (χ2n) is 5.49. The number of nitrogens with zero attached hydrogens (tertiary/aromatic N) is 3. The molecule has 0 unspecified atom stereocenters. The number of hydrogen-bond acceptors (Lipinski definition) is 3. The van der Waals surface area contributed by atoms with Gasteiger partial charge in [0.05, 0.1) is 17.2 Å². The van der Waals surface area contributed by atoms with Crippen molar-refractivity contribution < 1.29 is 0 Å². The molecule has 2 heterocycles. The molecular formula is C16H21N3O. The molecule has 1 aromatic carbocycles. The molecule has 0 amide bonds. The fraction of sp³-hybridized carbons (Fsp3) is 0.500. The molecule has 0 bridgehead atoms. The van der Waals surface area contributed by atoms with E-state index in [4.69, 9.17) is 0 Å². The van der Waals surface area contributed by atoms with E-state index in [9.17, 15) is 4.79 Å². The van der Waals surface area contributed by atoms with E-state index in [1.54, 1.807) is 0 Å². The van der Waals surface area contributed by atoms with Gasteiger partial charge in [0.15, 0.2) is 0 Å². The molecule has 0 spiro atoms. The maximum absolute atomic E-state index is 12.1. The summed E-state index contributed by atoms with van der Waals surface area (Å²) in [4.78, 5) is 18.7.